The van der Waals surface area contributed by atoms with E-state index in [1.165, 1.54) is 4.90 Å². The van der Waals surface area contributed by atoms with Crippen molar-refractivity contribution in [3.8, 4) is 0 Å². The number of aliphatic hydroxyl groups is 1. The van der Waals surface area contributed by atoms with Crippen molar-refractivity contribution in [2.24, 2.45) is 0 Å². The zero-order valence-electron chi connectivity index (χ0n) is 14.9. The molecule has 2 saturated heterocycles. The lowest BCUT2D eigenvalue weighted by molar-refractivity contribution is -0.155. The van der Waals surface area contributed by atoms with Crippen molar-refractivity contribution in [2.75, 3.05) is 13.1 Å². The van der Waals surface area contributed by atoms with Crippen LogP contribution in [0.5, 0.6) is 0 Å². The SMILES string of the molecule is O=C1C[C@H](NC(=O)[C@@H]2CCCN2C(=O)CNC(=O)c2ccccc2Cl)[C@@H](O)O1. The predicted octanol–water partition coefficient (Wildman–Crippen LogP) is -0.189. The van der Waals surface area contributed by atoms with Gasteiger partial charge in [-0.05, 0) is 25.0 Å². The number of hydrogen-bond donors (Lipinski definition) is 3. The number of aliphatic hydroxyl groups excluding tert-OH is 1. The summed E-state index contributed by atoms with van der Waals surface area (Å²) in [6, 6.07) is 4.91. The molecule has 2 heterocycles. The number of benzene rings is 1. The highest BCUT2D eigenvalue weighted by Crippen LogP contribution is 2.20. The van der Waals surface area contributed by atoms with Crippen LogP contribution in [0.2, 0.25) is 5.02 Å². The van der Waals surface area contributed by atoms with E-state index in [0.717, 1.165) is 0 Å². The van der Waals surface area contributed by atoms with Gasteiger partial charge < -0.3 is 25.4 Å². The quantitative estimate of drug-likeness (QED) is 0.579. The minimum atomic E-state index is -1.39. The van der Waals surface area contributed by atoms with Crippen LogP contribution in [-0.4, -0.2) is 65.2 Å². The molecule has 0 aliphatic carbocycles. The molecular formula is C18H20ClN3O6. The number of amides is 3. The fraction of sp³-hybridized carbons (Fsp3) is 0.444. The van der Waals surface area contributed by atoms with E-state index in [4.69, 9.17) is 11.6 Å². The van der Waals surface area contributed by atoms with E-state index in [0.29, 0.717) is 19.4 Å². The zero-order chi connectivity index (χ0) is 20.3. The third kappa shape index (κ3) is 4.42. The largest absolute Gasteiger partial charge is 0.434 e. The molecule has 3 N–H and O–H groups in total. The summed E-state index contributed by atoms with van der Waals surface area (Å²) in [5, 5.41) is 14.9. The fourth-order valence-corrected chi connectivity index (χ4v) is 3.50. The van der Waals surface area contributed by atoms with Crippen molar-refractivity contribution in [1.29, 1.82) is 0 Å². The first kappa shape index (κ1) is 20.1. The number of halogens is 1. The molecular weight excluding hydrogens is 390 g/mol. The van der Waals surface area contributed by atoms with E-state index in [1.54, 1.807) is 24.3 Å². The van der Waals surface area contributed by atoms with Crippen molar-refractivity contribution in [3.63, 3.8) is 0 Å². The van der Waals surface area contributed by atoms with Gasteiger partial charge in [-0.1, -0.05) is 23.7 Å². The molecule has 3 amide bonds. The highest BCUT2D eigenvalue weighted by molar-refractivity contribution is 6.33. The van der Waals surface area contributed by atoms with Gasteiger partial charge in [0.05, 0.1) is 23.6 Å². The van der Waals surface area contributed by atoms with Gasteiger partial charge in [0.25, 0.3) is 5.91 Å². The average Bonchev–Trinajstić information content (AvgIpc) is 3.26. The maximum absolute atomic E-state index is 12.5. The van der Waals surface area contributed by atoms with Gasteiger partial charge in [-0.2, -0.15) is 0 Å². The zero-order valence-corrected chi connectivity index (χ0v) is 15.6. The average molecular weight is 410 g/mol. The van der Waals surface area contributed by atoms with Gasteiger partial charge in [0.1, 0.15) is 12.1 Å². The Morgan fingerprint density at radius 3 is 2.71 bits per heavy atom. The van der Waals surface area contributed by atoms with Crippen LogP contribution in [0, 0.1) is 0 Å². The number of rotatable bonds is 5. The van der Waals surface area contributed by atoms with Crippen LogP contribution >= 0.6 is 11.6 Å². The van der Waals surface area contributed by atoms with E-state index in [9.17, 15) is 24.3 Å². The van der Waals surface area contributed by atoms with Crippen LogP contribution in [0.1, 0.15) is 29.6 Å². The summed E-state index contributed by atoms with van der Waals surface area (Å²) in [7, 11) is 0. The van der Waals surface area contributed by atoms with Crippen LogP contribution in [0.3, 0.4) is 0 Å². The standard InChI is InChI=1S/C18H20ClN3O6/c19-11-5-2-1-4-10(11)16(25)20-9-14(23)22-7-3-6-13(22)17(26)21-12-8-15(24)28-18(12)27/h1-2,4-5,12-13,18,27H,3,6-9H2,(H,20,25)(H,21,26)/t12-,13-,18-/m0/s1. The molecule has 0 unspecified atom stereocenters. The number of ether oxygens (including phenoxy) is 1. The Morgan fingerprint density at radius 1 is 1.29 bits per heavy atom. The molecule has 3 atom stereocenters. The third-order valence-electron chi connectivity index (χ3n) is 4.71. The Labute approximate surface area is 166 Å². The van der Waals surface area contributed by atoms with Crippen LogP contribution in [-0.2, 0) is 19.1 Å². The molecule has 0 spiro atoms. The number of esters is 1. The van der Waals surface area contributed by atoms with Gasteiger partial charge in [0.2, 0.25) is 18.1 Å². The summed E-state index contributed by atoms with van der Waals surface area (Å²) < 4.78 is 4.59. The summed E-state index contributed by atoms with van der Waals surface area (Å²) in [5.74, 6) is -1.95. The monoisotopic (exact) mass is 409 g/mol. The lowest BCUT2D eigenvalue weighted by atomic mass is 10.1. The number of hydrogen-bond acceptors (Lipinski definition) is 6. The van der Waals surface area contributed by atoms with Crippen molar-refractivity contribution in [1.82, 2.24) is 15.5 Å². The molecule has 3 rings (SSSR count). The Bertz CT molecular complexity index is 801. The van der Waals surface area contributed by atoms with Gasteiger partial charge in [0, 0.05) is 6.54 Å². The van der Waals surface area contributed by atoms with E-state index < -0.39 is 42.1 Å². The highest BCUT2D eigenvalue weighted by Gasteiger charge is 2.39. The maximum atomic E-state index is 12.5. The molecule has 2 aliphatic rings. The van der Waals surface area contributed by atoms with Crippen LogP contribution in [0.15, 0.2) is 24.3 Å². The Hall–Kier alpha value is -2.65. The molecule has 2 fully saturated rings. The van der Waals surface area contributed by atoms with Crippen molar-refractivity contribution < 1.29 is 29.0 Å². The van der Waals surface area contributed by atoms with Gasteiger partial charge in [-0.25, -0.2) is 0 Å². The van der Waals surface area contributed by atoms with Crippen LogP contribution in [0.25, 0.3) is 0 Å². The van der Waals surface area contributed by atoms with Crippen molar-refractivity contribution in [3.05, 3.63) is 34.9 Å². The lowest BCUT2D eigenvalue weighted by Crippen LogP contribution is -2.52. The van der Waals surface area contributed by atoms with Gasteiger partial charge in [-0.3, -0.25) is 19.2 Å². The summed E-state index contributed by atoms with van der Waals surface area (Å²) >= 11 is 5.97. The normalized spacial score (nSPS) is 24.0. The second-order valence-electron chi connectivity index (χ2n) is 6.61. The van der Waals surface area contributed by atoms with E-state index >= 15 is 0 Å². The van der Waals surface area contributed by atoms with E-state index in [2.05, 4.69) is 15.4 Å². The number of carbonyl (C=O) groups excluding carboxylic acids is 4. The van der Waals surface area contributed by atoms with Crippen LogP contribution in [0.4, 0.5) is 0 Å². The van der Waals surface area contributed by atoms with E-state index in [-0.39, 0.29) is 23.6 Å². The minimum absolute atomic E-state index is 0.124. The van der Waals surface area contributed by atoms with Gasteiger partial charge in [0.15, 0.2) is 0 Å². The van der Waals surface area contributed by atoms with Crippen LogP contribution < -0.4 is 10.6 Å². The molecule has 28 heavy (non-hydrogen) atoms. The highest BCUT2D eigenvalue weighted by atomic mass is 35.5. The molecule has 0 aromatic heterocycles. The summed E-state index contributed by atoms with van der Waals surface area (Å²) in [6.45, 7) is 0.100. The second-order valence-corrected chi connectivity index (χ2v) is 7.01. The molecule has 0 radical (unpaired) electrons. The summed E-state index contributed by atoms with van der Waals surface area (Å²) in [4.78, 5) is 49.7. The van der Waals surface area contributed by atoms with Gasteiger partial charge in [-0.15, -0.1) is 0 Å². The first-order valence-electron chi connectivity index (χ1n) is 8.87. The lowest BCUT2D eigenvalue weighted by Gasteiger charge is -2.25. The number of nitrogens with one attached hydrogen (secondary N) is 2. The number of cyclic esters (lactones) is 1. The topological polar surface area (TPSA) is 125 Å². The molecule has 0 saturated carbocycles. The third-order valence-corrected chi connectivity index (χ3v) is 5.03. The van der Waals surface area contributed by atoms with E-state index in [1.807, 2.05) is 0 Å². The van der Waals surface area contributed by atoms with Gasteiger partial charge >= 0.3 is 5.97 Å². The molecule has 0 bridgehead atoms. The smallest absolute Gasteiger partial charge is 0.310 e. The Kier molecular flexibility index (Phi) is 6.15. The first-order chi connectivity index (χ1) is 13.4. The number of likely N-dealkylation sites (tertiary alicyclic amines) is 1. The minimum Gasteiger partial charge on any atom is -0.434 e. The molecule has 2 aliphatic heterocycles. The maximum Gasteiger partial charge on any atom is 0.310 e. The summed E-state index contributed by atoms with van der Waals surface area (Å²) in [6.07, 6.45) is -0.433. The molecule has 10 heteroatoms. The second kappa shape index (κ2) is 8.57. The Balaban J connectivity index is 1.55. The fourth-order valence-electron chi connectivity index (χ4n) is 3.28. The predicted molar refractivity (Wildman–Crippen MR) is 97.2 cm³/mol. The number of nitrogens with zero attached hydrogens (tertiary/aromatic N) is 1. The molecule has 1 aromatic carbocycles. The molecule has 150 valence electrons. The van der Waals surface area contributed by atoms with Crippen molar-refractivity contribution in [2.45, 2.75) is 37.6 Å². The molecule has 9 nitrogen and oxygen atoms in total. The number of carbonyl (C=O) groups is 4. The van der Waals surface area contributed by atoms with Crippen molar-refractivity contribution >= 4 is 35.3 Å². The molecule has 1 aromatic rings. The first-order valence-corrected chi connectivity index (χ1v) is 9.24. The Morgan fingerprint density at radius 2 is 2.04 bits per heavy atom. The summed E-state index contributed by atoms with van der Waals surface area (Å²) in [5.41, 5.74) is 0.257.